The number of hydrogen-bond donors (Lipinski definition) is 1. The molecule has 0 spiro atoms. The molecular weight excluding hydrogens is 487 g/mol. The fraction of sp³-hybridized carbons (Fsp3) is 0.600. The molecule has 3 aliphatic rings. The molecule has 2 saturated heterocycles. The highest BCUT2D eigenvalue weighted by molar-refractivity contribution is 7.93. The molecular formula is C20H23Cl3N2O5S. The van der Waals surface area contributed by atoms with Crippen molar-refractivity contribution in [1.29, 1.82) is 0 Å². The summed E-state index contributed by atoms with van der Waals surface area (Å²) in [4.78, 5) is 27.4. The van der Waals surface area contributed by atoms with Crippen LogP contribution in [-0.2, 0) is 19.4 Å². The fourth-order valence-corrected chi connectivity index (χ4v) is 7.77. The Labute approximate surface area is 196 Å². The molecule has 1 aromatic rings. The van der Waals surface area contributed by atoms with Crippen LogP contribution < -0.4 is 10.1 Å². The Morgan fingerprint density at radius 1 is 1.13 bits per heavy atom. The zero-order valence-corrected chi connectivity index (χ0v) is 19.8. The summed E-state index contributed by atoms with van der Waals surface area (Å²) in [5.41, 5.74) is -0.583. The van der Waals surface area contributed by atoms with Crippen molar-refractivity contribution in [1.82, 2.24) is 10.2 Å². The average Bonchev–Trinajstić information content (AvgIpc) is 3.32. The van der Waals surface area contributed by atoms with Crippen LogP contribution in [0.15, 0.2) is 12.1 Å². The maximum atomic E-state index is 12.9. The van der Waals surface area contributed by atoms with Gasteiger partial charge in [-0.1, -0.05) is 34.8 Å². The maximum Gasteiger partial charge on any atom is 0.260 e. The summed E-state index contributed by atoms with van der Waals surface area (Å²) < 4.78 is 29.9. The standard InChI is InChI=1S/C20H23Cl3N2O5S/c21-12-9-13(22)18(14(23)10-12)30-11-17(26)25-7-6-20(5-1-4-16(20)25)24-19(27)15-3-2-8-31(15,28)29/h9-10,15-16H,1-8,11H2,(H,24,27)/t15?,16-,20-/m0/s1. The molecule has 1 N–H and O–H groups in total. The third-order valence-electron chi connectivity index (χ3n) is 6.53. The predicted octanol–water partition coefficient (Wildman–Crippen LogP) is 3.24. The van der Waals surface area contributed by atoms with E-state index in [1.54, 1.807) is 4.90 Å². The number of sulfone groups is 1. The van der Waals surface area contributed by atoms with Crippen LogP contribution in [0.2, 0.25) is 15.1 Å². The minimum absolute atomic E-state index is 0.0548. The van der Waals surface area contributed by atoms with Crippen LogP contribution >= 0.6 is 34.8 Å². The van der Waals surface area contributed by atoms with Crippen LogP contribution in [0.1, 0.15) is 38.5 Å². The molecule has 2 heterocycles. The van der Waals surface area contributed by atoms with Gasteiger partial charge in [0.15, 0.2) is 22.2 Å². The predicted molar refractivity (Wildman–Crippen MR) is 119 cm³/mol. The second-order valence-electron chi connectivity index (χ2n) is 8.38. The number of nitrogens with zero attached hydrogens (tertiary/aromatic N) is 1. The van der Waals surface area contributed by atoms with Gasteiger partial charge in [0.25, 0.3) is 5.91 Å². The number of likely N-dealkylation sites (tertiary alicyclic amines) is 1. The average molecular weight is 510 g/mol. The second-order valence-corrected chi connectivity index (χ2v) is 11.9. The Hall–Kier alpha value is -1.22. The number of fused-ring (bicyclic) bond motifs is 1. The topological polar surface area (TPSA) is 92.8 Å². The maximum absolute atomic E-state index is 12.9. The summed E-state index contributed by atoms with van der Waals surface area (Å²) >= 11 is 18.1. The normalized spacial score (nSPS) is 29.1. The van der Waals surface area contributed by atoms with Gasteiger partial charge < -0.3 is 15.0 Å². The number of ether oxygens (including phenoxy) is 1. The molecule has 2 aliphatic heterocycles. The first-order valence-electron chi connectivity index (χ1n) is 10.2. The largest absolute Gasteiger partial charge is 0.481 e. The number of amides is 2. The molecule has 1 saturated carbocycles. The van der Waals surface area contributed by atoms with E-state index in [1.807, 2.05) is 0 Å². The monoisotopic (exact) mass is 508 g/mol. The molecule has 1 unspecified atom stereocenters. The molecule has 0 radical (unpaired) electrons. The van der Waals surface area contributed by atoms with Crippen molar-refractivity contribution in [3.63, 3.8) is 0 Å². The summed E-state index contributed by atoms with van der Waals surface area (Å²) in [6.07, 6.45) is 3.76. The number of nitrogens with one attached hydrogen (secondary N) is 1. The van der Waals surface area contributed by atoms with Crippen molar-refractivity contribution in [2.24, 2.45) is 0 Å². The van der Waals surface area contributed by atoms with E-state index in [4.69, 9.17) is 39.5 Å². The van der Waals surface area contributed by atoms with Crippen molar-refractivity contribution < 1.29 is 22.7 Å². The molecule has 11 heteroatoms. The molecule has 4 rings (SSSR count). The van der Waals surface area contributed by atoms with Crippen molar-refractivity contribution in [2.45, 2.75) is 55.4 Å². The lowest BCUT2D eigenvalue weighted by Crippen LogP contribution is -2.57. The zero-order chi connectivity index (χ0) is 22.4. The number of hydrogen-bond acceptors (Lipinski definition) is 5. The van der Waals surface area contributed by atoms with Gasteiger partial charge in [0.1, 0.15) is 5.25 Å². The quantitative estimate of drug-likeness (QED) is 0.658. The summed E-state index contributed by atoms with van der Waals surface area (Å²) in [7, 11) is -3.39. The molecule has 0 aromatic heterocycles. The van der Waals surface area contributed by atoms with E-state index in [-0.39, 0.29) is 40.1 Å². The van der Waals surface area contributed by atoms with E-state index in [2.05, 4.69) is 5.32 Å². The summed E-state index contributed by atoms with van der Waals surface area (Å²) in [6.45, 7) is 0.214. The summed E-state index contributed by atoms with van der Waals surface area (Å²) in [6, 6.07) is 2.78. The Morgan fingerprint density at radius 3 is 2.48 bits per heavy atom. The molecule has 1 aliphatic carbocycles. The SMILES string of the molecule is O=C(N[C@]12CCC[C@@H]1N(C(=O)COc1c(Cl)cc(Cl)cc1Cl)CC2)C1CCCS1(=O)=O. The van der Waals surface area contributed by atoms with E-state index in [0.717, 1.165) is 19.3 Å². The van der Waals surface area contributed by atoms with Gasteiger partial charge in [-0.05, 0) is 50.7 Å². The van der Waals surface area contributed by atoms with E-state index in [9.17, 15) is 18.0 Å². The van der Waals surface area contributed by atoms with Crippen LogP contribution in [0.4, 0.5) is 0 Å². The van der Waals surface area contributed by atoms with E-state index < -0.39 is 26.5 Å². The third kappa shape index (κ3) is 4.36. The summed E-state index contributed by atoms with van der Waals surface area (Å²) in [5, 5.41) is 2.84. The minimum Gasteiger partial charge on any atom is -0.481 e. The van der Waals surface area contributed by atoms with E-state index in [0.29, 0.717) is 30.8 Å². The molecule has 170 valence electrons. The van der Waals surface area contributed by atoms with Crippen molar-refractivity contribution in [3.05, 3.63) is 27.2 Å². The molecule has 1 aromatic carbocycles. The summed E-state index contributed by atoms with van der Waals surface area (Å²) in [5.74, 6) is -0.426. The van der Waals surface area contributed by atoms with Crippen LogP contribution in [0.5, 0.6) is 5.75 Å². The minimum atomic E-state index is -3.39. The Kier molecular flexibility index (Phi) is 6.38. The molecule has 31 heavy (non-hydrogen) atoms. The van der Waals surface area contributed by atoms with Gasteiger partial charge in [0.2, 0.25) is 5.91 Å². The van der Waals surface area contributed by atoms with Gasteiger partial charge in [-0.2, -0.15) is 0 Å². The number of halogens is 3. The molecule has 3 atom stereocenters. The lowest BCUT2D eigenvalue weighted by Gasteiger charge is -2.34. The highest BCUT2D eigenvalue weighted by atomic mass is 35.5. The number of benzene rings is 1. The van der Waals surface area contributed by atoms with Gasteiger partial charge in [-0.3, -0.25) is 9.59 Å². The van der Waals surface area contributed by atoms with Gasteiger partial charge in [0.05, 0.1) is 27.4 Å². The Morgan fingerprint density at radius 2 is 1.84 bits per heavy atom. The third-order valence-corrected chi connectivity index (χ3v) is 9.48. The van der Waals surface area contributed by atoms with Crippen molar-refractivity contribution in [2.75, 3.05) is 18.9 Å². The van der Waals surface area contributed by atoms with Crippen molar-refractivity contribution >= 4 is 56.5 Å². The number of rotatable bonds is 5. The fourth-order valence-electron chi connectivity index (χ4n) is 5.08. The first-order chi connectivity index (χ1) is 14.6. The first kappa shape index (κ1) is 23.0. The second kappa shape index (κ2) is 8.61. The highest BCUT2D eigenvalue weighted by Crippen LogP contribution is 2.42. The van der Waals surface area contributed by atoms with Crippen molar-refractivity contribution in [3.8, 4) is 5.75 Å². The van der Waals surface area contributed by atoms with Gasteiger partial charge in [-0.15, -0.1) is 0 Å². The van der Waals surface area contributed by atoms with Gasteiger partial charge in [-0.25, -0.2) is 8.42 Å². The molecule has 2 amide bonds. The van der Waals surface area contributed by atoms with Crippen LogP contribution in [0.25, 0.3) is 0 Å². The van der Waals surface area contributed by atoms with Crippen LogP contribution in [0, 0.1) is 0 Å². The first-order valence-corrected chi connectivity index (χ1v) is 13.1. The van der Waals surface area contributed by atoms with E-state index in [1.165, 1.54) is 12.1 Å². The van der Waals surface area contributed by atoms with Crippen LogP contribution in [-0.4, -0.2) is 60.9 Å². The Bertz CT molecular complexity index is 995. The Balaban J connectivity index is 1.43. The van der Waals surface area contributed by atoms with Crippen LogP contribution in [0.3, 0.4) is 0 Å². The molecule has 0 bridgehead atoms. The number of carbonyl (C=O) groups is 2. The lowest BCUT2D eigenvalue weighted by atomic mass is 9.92. The number of carbonyl (C=O) groups excluding carboxylic acids is 2. The smallest absolute Gasteiger partial charge is 0.260 e. The zero-order valence-electron chi connectivity index (χ0n) is 16.7. The molecule has 7 nitrogen and oxygen atoms in total. The lowest BCUT2D eigenvalue weighted by molar-refractivity contribution is -0.135. The highest BCUT2D eigenvalue weighted by Gasteiger charge is 2.54. The van der Waals surface area contributed by atoms with Gasteiger partial charge in [0, 0.05) is 11.6 Å². The van der Waals surface area contributed by atoms with Gasteiger partial charge >= 0.3 is 0 Å². The van der Waals surface area contributed by atoms with E-state index >= 15 is 0 Å². The molecule has 3 fully saturated rings.